The molecule has 1 aliphatic carbocycles. The Balaban J connectivity index is 1.97. The molecule has 0 aromatic heterocycles. The average molecular weight is 251 g/mol. The largest absolute Gasteiger partial charge is 0.303 e. The van der Waals surface area contributed by atoms with Crippen LogP contribution in [0.2, 0.25) is 0 Å². The predicted octanol–water partition coefficient (Wildman–Crippen LogP) is 3.36. The maximum absolute atomic E-state index is 12.6. The molecule has 18 heavy (non-hydrogen) atoms. The molecule has 2 aliphatic rings. The fourth-order valence-electron chi connectivity index (χ4n) is 3.69. The zero-order valence-electron chi connectivity index (χ0n) is 12.3. The van der Waals surface area contributed by atoms with Crippen LogP contribution < -0.4 is 0 Å². The number of hydrogen-bond acceptors (Lipinski definition) is 2. The number of likely N-dealkylation sites (tertiary alicyclic amines) is 1. The Labute approximate surface area is 112 Å². The minimum atomic E-state index is 0.309. The van der Waals surface area contributed by atoms with E-state index >= 15 is 0 Å². The number of carbonyl (C=O) groups excluding carboxylic acids is 1. The number of piperidine rings is 1. The van der Waals surface area contributed by atoms with E-state index in [1.54, 1.807) is 0 Å². The van der Waals surface area contributed by atoms with Crippen LogP contribution in [0.25, 0.3) is 0 Å². The normalized spacial score (nSPS) is 35.1. The van der Waals surface area contributed by atoms with Gasteiger partial charge in [-0.25, -0.2) is 0 Å². The van der Waals surface area contributed by atoms with Crippen LogP contribution in [0.5, 0.6) is 0 Å². The fraction of sp³-hybridized carbons (Fsp3) is 0.938. The molecule has 1 saturated carbocycles. The fourth-order valence-corrected chi connectivity index (χ4v) is 3.69. The average Bonchev–Trinajstić information content (AvgIpc) is 2.35. The second-order valence-corrected chi connectivity index (χ2v) is 6.78. The highest BCUT2D eigenvalue weighted by molar-refractivity contribution is 5.84. The zero-order chi connectivity index (χ0) is 13.1. The van der Waals surface area contributed by atoms with Crippen molar-refractivity contribution in [3.8, 4) is 0 Å². The molecule has 1 saturated heterocycles. The summed E-state index contributed by atoms with van der Waals surface area (Å²) in [6.07, 6.45) is 6.38. The Morgan fingerprint density at radius 2 is 1.83 bits per heavy atom. The van der Waals surface area contributed by atoms with Crippen molar-refractivity contribution < 1.29 is 4.79 Å². The molecule has 2 fully saturated rings. The first-order chi connectivity index (χ1) is 8.59. The van der Waals surface area contributed by atoms with Crippen molar-refractivity contribution >= 4 is 5.78 Å². The van der Waals surface area contributed by atoms with Crippen molar-refractivity contribution in [1.82, 2.24) is 4.90 Å². The number of Topliss-reactive ketones (excluding diaryl/α,β-unsaturated/α-hetero) is 1. The van der Waals surface area contributed by atoms with Gasteiger partial charge in [-0.1, -0.05) is 27.2 Å². The molecule has 1 heterocycles. The van der Waals surface area contributed by atoms with Crippen LogP contribution in [0.3, 0.4) is 0 Å². The van der Waals surface area contributed by atoms with E-state index in [2.05, 4.69) is 25.7 Å². The first-order valence-electron chi connectivity index (χ1n) is 7.85. The van der Waals surface area contributed by atoms with E-state index in [1.807, 2.05) is 0 Å². The van der Waals surface area contributed by atoms with E-state index in [1.165, 1.54) is 38.8 Å². The molecule has 0 aromatic rings. The summed E-state index contributed by atoms with van der Waals surface area (Å²) in [6.45, 7) is 10.1. The topological polar surface area (TPSA) is 20.3 Å². The van der Waals surface area contributed by atoms with Gasteiger partial charge >= 0.3 is 0 Å². The summed E-state index contributed by atoms with van der Waals surface area (Å²) in [7, 11) is 0. The summed E-state index contributed by atoms with van der Waals surface area (Å²) < 4.78 is 0. The minimum Gasteiger partial charge on any atom is -0.303 e. The Bertz CT molecular complexity index is 281. The van der Waals surface area contributed by atoms with Gasteiger partial charge in [0.15, 0.2) is 0 Å². The molecule has 0 amide bonds. The molecule has 3 unspecified atom stereocenters. The highest BCUT2D eigenvalue weighted by atomic mass is 16.1. The number of nitrogens with zero attached hydrogens (tertiary/aromatic N) is 1. The van der Waals surface area contributed by atoms with Gasteiger partial charge in [0.1, 0.15) is 5.78 Å². The molecule has 1 aliphatic heterocycles. The molecular formula is C16H29NO. The second-order valence-electron chi connectivity index (χ2n) is 6.78. The van der Waals surface area contributed by atoms with E-state index < -0.39 is 0 Å². The van der Waals surface area contributed by atoms with Crippen molar-refractivity contribution in [2.45, 2.75) is 52.9 Å². The number of hydrogen-bond donors (Lipinski definition) is 0. The summed E-state index contributed by atoms with van der Waals surface area (Å²) in [4.78, 5) is 15.2. The quantitative estimate of drug-likeness (QED) is 0.766. The van der Waals surface area contributed by atoms with Crippen molar-refractivity contribution in [2.24, 2.45) is 23.7 Å². The molecule has 2 heteroatoms. The number of carbonyl (C=O) groups is 1. The van der Waals surface area contributed by atoms with Crippen LogP contribution in [0.15, 0.2) is 0 Å². The van der Waals surface area contributed by atoms with Gasteiger partial charge in [0.2, 0.25) is 0 Å². The third-order valence-electron chi connectivity index (χ3n) is 5.06. The van der Waals surface area contributed by atoms with Crippen LogP contribution >= 0.6 is 0 Å². The van der Waals surface area contributed by atoms with Gasteiger partial charge in [-0.15, -0.1) is 0 Å². The molecule has 0 spiro atoms. The Morgan fingerprint density at radius 1 is 1.17 bits per heavy atom. The number of rotatable bonds is 3. The van der Waals surface area contributed by atoms with E-state index in [-0.39, 0.29) is 0 Å². The van der Waals surface area contributed by atoms with E-state index in [0.717, 1.165) is 13.0 Å². The molecule has 0 radical (unpaired) electrons. The van der Waals surface area contributed by atoms with Gasteiger partial charge in [0.25, 0.3) is 0 Å². The lowest BCUT2D eigenvalue weighted by Gasteiger charge is -2.38. The van der Waals surface area contributed by atoms with Gasteiger partial charge in [-0.3, -0.25) is 4.79 Å². The maximum atomic E-state index is 12.6. The third kappa shape index (κ3) is 3.14. The Hall–Kier alpha value is -0.370. The summed E-state index contributed by atoms with van der Waals surface area (Å²) >= 11 is 0. The molecule has 104 valence electrons. The van der Waals surface area contributed by atoms with Crippen molar-refractivity contribution in [3.63, 3.8) is 0 Å². The van der Waals surface area contributed by atoms with Gasteiger partial charge in [-0.05, 0) is 50.6 Å². The molecule has 0 bridgehead atoms. The molecule has 3 atom stereocenters. The van der Waals surface area contributed by atoms with E-state index in [9.17, 15) is 4.79 Å². The van der Waals surface area contributed by atoms with Crippen LogP contribution in [-0.4, -0.2) is 30.3 Å². The van der Waals surface area contributed by atoms with Crippen molar-refractivity contribution in [2.75, 3.05) is 19.6 Å². The lowest BCUT2D eigenvalue weighted by atomic mass is 9.70. The van der Waals surface area contributed by atoms with Gasteiger partial charge in [-0.2, -0.15) is 0 Å². The predicted molar refractivity (Wildman–Crippen MR) is 75.5 cm³/mol. The first kappa shape index (κ1) is 14.0. The molecule has 0 aromatic carbocycles. The Morgan fingerprint density at radius 3 is 2.44 bits per heavy atom. The van der Waals surface area contributed by atoms with Gasteiger partial charge in [0, 0.05) is 18.4 Å². The molecule has 2 rings (SSSR count). The second kappa shape index (κ2) is 6.18. The Kier molecular flexibility index (Phi) is 4.83. The SMILES string of the molecule is CC(C)C1CCC(C)C(CN2CCCCC2)C1=O. The highest BCUT2D eigenvalue weighted by Gasteiger charge is 2.37. The minimum absolute atomic E-state index is 0.309. The van der Waals surface area contributed by atoms with Crippen LogP contribution in [-0.2, 0) is 4.79 Å². The van der Waals surface area contributed by atoms with Crippen molar-refractivity contribution in [3.05, 3.63) is 0 Å². The van der Waals surface area contributed by atoms with Crippen LogP contribution in [0, 0.1) is 23.7 Å². The van der Waals surface area contributed by atoms with Crippen molar-refractivity contribution in [1.29, 1.82) is 0 Å². The van der Waals surface area contributed by atoms with Gasteiger partial charge in [0.05, 0.1) is 0 Å². The molecule has 2 nitrogen and oxygen atoms in total. The van der Waals surface area contributed by atoms with E-state index in [4.69, 9.17) is 0 Å². The summed E-state index contributed by atoms with van der Waals surface area (Å²) in [5.41, 5.74) is 0. The monoisotopic (exact) mass is 251 g/mol. The smallest absolute Gasteiger partial charge is 0.140 e. The van der Waals surface area contributed by atoms with Gasteiger partial charge < -0.3 is 4.90 Å². The standard InChI is InChI=1S/C16H29NO/c1-12(2)14-8-7-13(3)15(16(14)18)11-17-9-5-4-6-10-17/h12-15H,4-11H2,1-3H3. The number of ketones is 1. The first-order valence-corrected chi connectivity index (χ1v) is 7.85. The lowest BCUT2D eigenvalue weighted by molar-refractivity contribution is -0.133. The summed E-state index contributed by atoms with van der Waals surface area (Å²) in [5.74, 6) is 2.32. The summed E-state index contributed by atoms with van der Waals surface area (Å²) in [6, 6.07) is 0. The van der Waals surface area contributed by atoms with Crippen LogP contribution in [0.1, 0.15) is 52.9 Å². The molecular weight excluding hydrogens is 222 g/mol. The summed E-state index contributed by atoms with van der Waals surface area (Å²) in [5, 5.41) is 0. The zero-order valence-corrected chi connectivity index (χ0v) is 12.3. The lowest BCUT2D eigenvalue weighted by Crippen LogP contribution is -2.44. The maximum Gasteiger partial charge on any atom is 0.140 e. The van der Waals surface area contributed by atoms with E-state index in [0.29, 0.717) is 29.5 Å². The van der Waals surface area contributed by atoms with Crippen LogP contribution in [0.4, 0.5) is 0 Å². The molecule has 0 N–H and O–H groups in total. The highest BCUT2D eigenvalue weighted by Crippen LogP contribution is 2.35. The third-order valence-corrected chi connectivity index (χ3v) is 5.06.